The molecule has 4 nitrogen and oxygen atoms in total. The quantitative estimate of drug-likeness (QED) is 0.912. The second-order valence-electron chi connectivity index (χ2n) is 5.61. The number of hydrogen-bond acceptors (Lipinski definition) is 2. The van der Waals surface area contributed by atoms with Gasteiger partial charge in [-0.05, 0) is 36.5 Å². The summed E-state index contributed by atoms with van der Waals surface area (Å²) in [5.74, 6) is 1.35. The lowest BCUT2D eigenvalue weighted by molar-refractivity contribution is 0.197. The molecule has 0 unspecified atom stereocenters. The van der Waals surface area contributed by atoms with E-state index in [0.717, 1.165) is 5.76 Å². The molecular formula is C17H20N2O2. The fourth-order valence-electron chi connectivity index (χ4n) is 2.51. The second kappa shape index (κ2) is 6.04. The normalized spacial score (nSPS) is 15.5. The summed E-state index contributed by atoms with van der Waals surface area (Å²) >= 11 is 0. The lowest BCUT2D eigenvalue weighted by Gasteiger charge is -2.23. The Kier molecular flexibility index (Phi) is 3.95. The van der Waals surface area contributed by atoms with E-state index in [2.05, 4.69) is 17.4 Å². The van der Waals surface area contributed by atoms with E-state index in [0.29, 0.717) is 12.5 Å². The van der Waals surface area contributed by atoms with Crippen molar-refractivity contribution in [3.05, 3.63) is 60.1 Å². The van der Waals surface area contributed by atoms with E-state index in [1.807, 2.05) is 30.3 Å². The van der Waals surface area contributed by atoms with Crippen molar-refractivity contribution in [3.8, 4) is 0 Å². The zero-order chi connectivity index (χ0) is 14.7. The Balaban J connectivity index is 1.64. The third-order valence-corrected chi connectivity index (χ3v) is 3.85. The summed E-state index contributed by atoms with van der Waals surface area (Å²) in [5.41, 5.74) is 1.18. The van der Waals surface area contributed by atoms with Crippen LogP contribution >= 0.6 is 0 Å². The van der Waals surface area contributed by atoms with Crippen molar-refractivity contribution in [1.82, 2.24) is 10.2 Å². The highest BCUT2D eigenvalue weighted by Crippen LogP contribution is 2.41. The van der Waals surface area contributed by atoms with E-state index in [4.69, 9.17) is 4.42 Å². The molecule has 2 amide bonds. The van der Waals surface area contributed by atoms with E-state index in [9.17, 15) is 4.79 Å². The van der Waals surface area contributed by atoms with Crippen LogP contribution in [0, 0.1) is 5.92 Å². The van der Waals surface area contributed by atoms with Crippen LogP contribution in [-0.2, 0) is 6.54 Å². The van der Waals surface area contributed by atoms with Crippen molar-refractivity contribution in [3.63, 3.8) is 0 Å². The molecular weight excluding hydrogens is 264 g/mol. The predicted octanol–water partition coefficient (Wildman–Crippen LogP) is 3.57. The highest BCUT2D eigenvalue weighted by Gasteiger charge is 2.33. The van der Waals surface area contributed by atoms with Gasteiger partial charge >= 0.3 is 6.03 Å². The monoisotopic (exact) mass is 284 g/mol. The minimum atomic E-state index is -0.0628. The Morgan fingerprint density at radius 3 is 2.67 bits per heavy atom. The fourth-order valence-corrected chi connectivity index (χ4v) is 2.51. The van der Waals surface area contributed by atoms with Gasteiger partial charge in [-0.3, -0.25) is 0 Å². The summed E-state index contributed by atoms with van der Waals surface area (Å²) < 4.78 is 5.28. The van der Waals surface area contributed by atoms with Crippen LogP contribution < -0.4 is 5.32 Å². The average molecular weight is 284 g/mol. The van der Waals surface area contributed by atoms with Gasteiger partial charge in [0.1, 0.15) is 5.76 Å². The summed E-state index contributed by atoms with van der Waals surface area (Å²) in [6.07, 6.45) is 3.99. The number of nitrogens with zero attached hydrogens (tertiary/aromatic N) is 1. The number of urea groups is 1. The predicted molar refractivity (Wildman–Crippen MR) is 80.6 cm³/mol. The molecule has 0 radical (unpaired) electrons. The molecule has 21 heavy (non-hydrogen) atoms. The van der Waals surface area contributed by atoms with Gasteiger partial charge in [-0.25, -0.2) is 4.79 Å². The van der Waals surface area contributed by atoms with E-state index < -0.39 is 0 Å². The Morgan fingerprint density at radius 1 is 1.29 bits per heavy atom. The topological polar surface area (TPSA) is 45.5 Å². The Labute approximate surface area is 124 Å². The van der Waals surface area contributed by atoms with Crippen molar-refractivity contribution in [2.24, 2.45) is 5.92 Å². The van der Waals surface area contributed by atoms with Crippen LogP contribution in [0.2, 0.25) is 0 Å². The van der Waals surface area contributed by atoms with Crippen molar-refractivity contribution in [2.45, 2.75) is 25.4 Å². The number of carbonyl (C=O) groups is 1. The largest absolute Gasteiger partial charge is 0.467 e. The molecule has 1 heterocycles. The SMILES string of the molecule is CN(Cc1ccco1)C(=O)N[C@H](c1ccccc1)C1CC1. The maximum Gasteiger partial charge on any atom is 0.318 e. The molecule has 4 heteroatoms. The molecule has 0 aliphatic heterocycles. The summed E-state index contributed by atoms with van der Waals surface area (Å²) in [5, 5.41) is 3.15. The molecule has 3 rings (SSSR count). The second-order valence-corrected chi connectivity index (χ2v) is 5.61. The van der Waals surface area contributed by atoms with Gasteiger partial charge in [-0.1, -0.05) is 30.3 Å². The molecule has 1 N–H and O–H groups in total. The zero-order valence-electron chi connectivity index (χ0n) is 12.2. The van der Waals surface area contributed by atoms with Crippen molar-refractivity contribution >= 4 is 6.03 Å². The third kappa shape index (κ3) is 3.45. The molecule has 0 bridgehead atoms. The molecule has 1 aromatic heterocycles. The van der Waals surface area contributed by atoms with Gasteiger partial charge in [0.25, 0.3) is 0 Å². The molecule has 1 aliphatic rings. The van der Waals surface area contributed by atoms with Crippen molar-refractivity contribution in [1.29, 1.82) is 0 Å². The average Bonchev–Trinajstić information content (AvgIpc) is 3.22. The lowest BCUT2D eigenvalue weighted by Crippen LogP contribution is -2.39. The standard InChI is InChI=1S/C17H20N2O2/c1-19(12-15-8-5-11-21-15)17(20)18-16(14-9-10-14)13-6-3-2-4-7-13/h2-8,11,14,16H,9-10,12H2,1H3,(H,18,20)/t16-/m1/s1. The first kappa shape index (κ1) is 13.7. The minimum Gasteiger partial charge on any atom is -0.467 e. The van der Waals surface area contributed by atoms with Gasteiger partial charge in [0.05, 0.1) is 18.8 Å². The zero-order valence-corrected chi connectivity index (χ0v) is 12.2. The van der Waals surface area contributed by atoms with Crippen molar-refractivity contribution < 1.29 is 9.21 Å². The molecule has 1 atom stereocenters. The van der Waals surface area contributed by atoms with Crippen LogP contribution in [0.15, 0.2) is 53.1 Å². The molecule has 1 aromatic carbocycles. The number of benzene rings is 1. The van der Waals surface area contributed by atoms with E-state index >= 15 is 0 Å². The van der Waals surface area contributed by atoms with E-state index in [1.54, 1.807) is 18.2 Å². The smallest absolute Gasteiger partial charge is 0.318 e. The van der Waals surface area contributed by atoms with Crippen LogP contribution in [0.4, 0.5) is 4.79 Å². The third-order valence-electron chi connectivity index (χ3n) is 3.85. The van der Waals surface area contributed by atoms with Crippen LogP contribution in [0.5, 0.6) is 0 Å². The first-order valence-electron chi connectivity index (χ1n) is 7.33. The Bertz CT molecular complexity index is 576. The highest BCUT2D eigenvalue weighted by molar-refractivity contribution is 5.74. The summed E-state index contributed by atoms with van der Waals surface area (Å²) in [4.78, 5) is 14.0. The Morgan fingerprint density at radius 2 is 2.05 bits per heavy atom. The van der Waals surface area contributed by atoms with Crippen LogP contribution in [0.25, 0.3) is 0 Å². The molecule has 110 valence electrons. The number of nitrogens with one attached hydrogen (secondary N) is 1. The van der Waals surface area contributed by atoms with Gasteiger partial charge in [-0.15, -0.1) is 0 Å². The number of carbonyl (C=O) groups excluding carboxylic acids is 1. The molecule has 0 saturated heterocycles. The molecule has 0 spiro atoms. The molecule has 1 aliphatic carbocycles. The first-order valence-corrected chi connectivity index (χ1v) is 7.33. The fraction of sp³-hybridized carbons (Fsp3) is 0.353. The van der Waals surface area contributed by atoms with Crippen LogP contribution in [0.3, 0.4) is 0 Å². The highest BCUT2D eigenvalue weighted by atomic mass is 16.3. The number of rotatable bonds is 5. The van der Waals surface area contributed by atoms with Gasteiger partial charge in [-0.2, -0.15) is 0 Å². The van der Waals surface area contributed by atoms with E-state index in [-0.39, 0.29) is 12.1 Å². The molecule has 1 saturated carbocycles. The van der Waals surface area contributed by atoms with Crippen molar-refractivity contribution in [2.75, 3.05) is 7.05 Å². The maximum absolute atomic E-state index is 12.4. The van der Waals surface area contributed by atoms with E-state index in [1.165, 1.54) is 18.4 Å². The first-order chi connectivity index (χ1) is 10.2. The maximum atomic E-state index is 12.4. The number of hydrogen-bond donors (Lipinski definition) is 1. The number of furan rings is 1. The van der Waals surface area contributed by atoms with Gasteiger partial charge in [0.15, 0.2) is 0 Å². The van der Waals surface area contributed by atoms with Gasteiger partial charge in [0.2, 0.25) is 0 Å². The van der Waals surface area contributed by atoms with Crippen LogP contribution in [0.1, 0.15) is 30.2 Å². The minimum absolute atomic E-state index is 0.0628. The number of amides is 2. The summed E-state index contributed by atoms with van der Waals surface area (Å²) in [6, 6.07) is 13.9. The molecule has 2 aromatic rings. The Hall–Kier alpha value is -2.23. The van der Waals surface area contributed by atoms with Crippen LogP contribution in [-0.4, -0.2) is 18.0 Å². The summed E-state index contributed by atoms with van der Waals surface area (Å²) in [7, 11) is 1.78. The lowest BCUT2D eigenvalue weighted by atomic mass is 10.0. The summed E-state index contributed by atoms with van der Waals surface area (Å²) in [6.45, 7) is 0.477. The molecule has 1 fully saturated rings. The van der Waals surface area contributed by atoms with Gasteiger partial charge in [0, 0.05) is 7.05 Å². The van der Waals surface area contributed by atoms with Gasteiger partial charge < -0.3 is 14.6 Å².